The average molecular weight is 345 g/mol. The molecule has 0 spiro atoms. The van der Waals surface area contributed by atoms with Gasteiger partial charge in [0.1, 0.15) is 13.2 Å². The van der Waals surface area contributed by atoms with Crippen LogP contribution in [0.5, 0.6) is 11.5 Å². The lowest BCUT2D eigenvalue weighted by atomic mass is 10.1. The Morgan fingerprint density at radius 3 is 2.96 bits per heavy atom. The zero-order valence-electron chi connectivity index (χ0n) is 12.7. The van der Waals surface area contributed by atoms with E-state index in [1.807, 2.05) is 0 Å². The fraction of sp³-hybridized carbons (Fsp3) is 0.312. The van der Waals surface area contributed by atoms with Crippen LogP contribution in [-0.2, 0) is 11.3 Å². The van der Waals surface area contributed by atoms with Gasteiger partial charge in [0, 0.05) is 36.3 Å². The quantitative estimate of drug-likeness (QED) is 0.828. The Kier molecular flexibility index (Phi) is 3.89. The number of ether oxygens (including phenoxy) is 2. The first-order valence-corrected chi connectivity index (χ1v) is 8.58. The molecule has 124 valence electrons. The average Bonchev–Trinajstić information content (AvgIpc) is 2.62. The summed E-state index contributed by atoms with van der Waals surface area (Å²) in [6, 6.07) is 6.72. The van der Waals surface area contributed by atoms with E-state index >= 15 is 0 Å². The molecule has 1 aromatic carbocycles. The molecule has 2 aromatic rings. The van der Waals surface area contributed by atoms with Gasteiger partial charge >= 0.3 is 0 Å². The standard InChI is InChI=1S/C16H15N3O4S/c20-14-3-4-17-16-19(14)8-10(9-24-16)15(21)18-11-1-2-12-13(7-11)23-6-5-22-12/h1-4,7,10H,5-6,8-9H2,(H,18,21)/t10-/m0/s1. The van der Waals surface area contributed by atoms with Gasteiger partial charge in [-0.15, -0.1) is 0 Å². The third kappa shape index (κ3) is 2.84. The third-order valence-corrected chi connectivity index (χ3v) is 5.05. The lowest BCUT2D eigenvalue weighted by Crippen LogP contribution is -2.36. The van der Waals surface area contributed by atoms with Crippen molar-refractivity contribution in [2.75, 3.05) is 24.3 Å². The molecule has 0 unspecified atom stereocenters. The molecule has 4 rings (SSSR count). The minimum Gasteiger partial charge on any atom is -0.486 e. The molecular weight excluding hydrogens is 330 g/mol. The highest BCUT2D eigenvalue weighted by Crippen LogP contribution is 2.33. The van der Waals surface area contributed by atoms with Crippen LogP contribution >= 0.6 is 11.8 Å². The first-order chi connectivity index (χ1) is 11.7. The largest absolute Gasteiger partial charge is 0.486 e. The molecule has 1 atom stereocenters. The maximum atomic E-state index is 12.5. The molecule has 1 amide bonds. The van der Waals surface area contributed by atoms with Gasteiger partial charge in [-0.2, -0.15) is 0 Å². The third-order valence-electron chi connectivity index (χ3n) is 3.90. The van der Waals surface area contributed by atoms with E-state index in [4.69, 9.17) is 9.47 Å². The summed E-state index contributed by atoms with van der Waals surface area (Å²) in [5.74, 6) is 1.48. The zero-order valence-corrected chi connectivity index (χ0v) is 13.5. The monoisotopic (exact) mass is 345 g/mol. The molecule has 1 N–H and O–H groups in total. The highest BCUT2D eigenvalue weighted by atomic mass is 32.2. The van der Waals surface area contributed by atoms with Crippen LogP contribution in [-0.4, -0.2) is 34.4 Å². The Morgan fingerprint density at radius 1 is 1.25 bits per heavy atom. The summed E-state index contributed by atoms with van der Waals surface area (Å²) in [4.78, 5) is 28.6. The van der Waals surface area contributed by atoms with Crippen molar-refractivity contribution < 1.29 is 14.3 Å². The molecule has 8 heteroatoms. The number of nitrogens with zero attached hydrogens (tertiary/aromatic N) is 2. The number of carbonyl (C=O) groups excluding carboxylic acids is 1. The molecule has 0 bridgehead atoms. The van der Waals surface area contributed by atoms with Gasteiger partial charge in [-0.1, -0.05) is 11.8 Å². The van der Waals surface area contributed by atoms with Gasteiger partial charge in [-0.3, -0.25) is 14.2 Å². The Bertz CT molecular complexity index is 851. The second-order valence-corrected chi connectivity index (χ2v) is 6.52. The summed E-state index contributed by atoms with van der Waals surface area (Å²) >= 11 is 1.42. The number of carbonyl (C=O) groups is 1. The first kappa shape index (κ1) is 15.1. The smallest absolute Gasteiger partial charge is 0.254 e. The van der Waals surface area contributed by atoms with Crippen molar-refractivity contribution in [3.63, 3.8) is 0 Å². The van der Waals surface area contributed by atoms with E-state index in [1.54, 1.807) is 22.8 Å². The predicted molar refractivity (Wildman–Crippen MR) is 88.8 cm³/mol. The molecule has 0 fully saturated rings. The molecule has 2 aliphatic heterocycles. The summed E-state index contributed by atoms with van der Waals surface area (Å²) in [6.07, 6.45) is 1.50. The first-order valence-electron chi connectivity index (χ1n) is 7.60. The van der Waals surface area contributed by atoms with Crippen molar-refractivity contribution in [2.45, 2.75) is 11.7 Å². The molecule has 0 radical (unpaired) electrons. The second kappa shape index (κ2) is 6.20. The SMILES string of the molecule is O=C(Nc1ccc2c(c1)OCCO2)[C@@H]1CSc2nccc(=O)n2C1. The van der Waals surface area contributed by atoms with Crippen molar-refractivity contribution in [1.82, 2.24) is 9.55 Å². The number of rotatable bonds is 2. The normalized spacial score (nSPS) is 18.6. The summed E-state index contributed by atoms with van der Waals surface area (Å²) in [6.45, 7) is 1.36. The van der Waals surface area contributed by atoms with E-state index in [0.717, 1.165) is 0 Å². The summed E-state index contributed by atoms with van der Waals surface area (Å²) in [5, 5.41) is 3.55. The number of nitrogens with one attached hydrogen (secondary N) is 1. The van der Waals surface area contributed by atoms with Crippen LogP contribution in [0.15, 0.2) is 40.4 Å². The number of hydrogen-bond acceptors (Lipinski definition) is 6. The number of aromatic nitrogens is 2. The highest BCUT2D eigenvalue weighted by molar-refractivity contribution is 7.99. The number of anilines is 1. The van der Waals surface area contributed by atoms with E-state index in [0.29, 0.717) is 47.9 Å². The number of amides is 1. The Balaban J connectivity index is 1.49. The molecule has 0 aliphatic carbocycles. The van der Waals surface area contributed by atoms with Crippen molar-refractivity contribution in [2.24, 2.45) is 5.92 Å². The minimum absolute atomic E-state index is 0.124. The van der Waals surface area contributed by atoms with Gasteiger partial charge in [-0.05, 0) is 12.1 Å². The van der Waals surface area contributed by atoms with E-state index in [1.165, 1.54) is 24.0 Å². The molecule has 7 nitrogen and oxygen atoms in total. The Hall–Kier alpha value is -2.48. The lowest BCUT2D eigenvalue weighted by Gasteiger charge is -2.24. The summed E-state index contributed by atoms with van der Waals surface area (Å²) < 4.78 is 12.5. The van der Waals surface area contributed by atoms with Gasteiger partial charge in [0.05, 0.1) is 5.92 Å². The van der Waals surface area contributed by atoms with Crippen LogP contribution in [0, 0.1) is 5.92 Å². The number of hydrogen-bond donors (Lipinski definition) is 1. The molecule has 24 heavy (non-hydrogen) atoms. The maximum Gasteiger partial charge on any atom is 0.254 e. The Morgan fingerprint density at radius 2 is 2.08 bits per heavy atom. The van der Waals surface area contributed by atoms with Crippen LogP contribution in [0.3, 0.4) is 0 Å². The zero-order chi connectivity index (χ0) is 16.5. The summed E-state index contributed by atoms with van der Waals surface area (Å²) in [7, 11) is 0. The van der Waals surface area contributed by atoms with Crippen LogP contribution in [0.4, 0.5) is 5.69 Å². The van der Waals surface area contributed by atoms with Crippen LogP contribution in [0.2, 0.25) is 0 Å². The second-order valence-electron chi connectivity index (χ2n) is 5.53. The highest BCUT2D eigenvalue weighted by Gasteiger charge is 2.26. The fourth-order valence-corrected chi connectivity index (χ4v) is 3.74. The van der Waals surface area contributed by atoms with Gasteiger partial charge in [0.15, 0.2) is 16.7 Å². The van der Waals surface area contributed by atoms with Crippen molar-refractivity contribution >= 4 is 23.4 Å². The van der Waals surface area contributed by atoms with Crippen molar-refractivity contribution in [3.8, 4) is 11.5 Å². The van der Waals surface area contributed by atoms with Crippen molar-refractivity contribution in [1.29, 1.82) is 0 Å². The molecule has 0 saturated carbocycles. The molecular formula is C16H15N3O4S. The molecule has 1 aromatic heterocycles. The topological polar surface area (TPSA) is 82.5 Å². The van der Waals surface area contributed by atoms with E-state index in [9.17, 15) is 9.59 Å². The van der Waals surface area contributed by atoms with Gasteiger partial charge in [-0.25, -0.2) is 4.98 Å². The van der Waals surface area contributed by atoms with Crippen molar-refractivity contribution in [3.05, 3.63) is 40.8 Å². The van der Waals surface area contributed by atoms with Gasteiger partial charge < -0.3 is 14.8 Å². The minimum atomic E-state index is -0.294. The number of thioether (sulfide) groups is 1. The molecule has 0 saturated heterocycles. The molecule has 3 heterocycles. The van der Waals surface area contributed by atoms with E-state index < -0.39 is 0 Å². The summed E-state index contributed by atoms with van der Waals surface area (Å²) in [5.41, 5.74) is 0.517. The fourth-order valence-electron chi connectivity index (χ4n) is 2.67. The number of benzene rings is 1. The Labute approximate surface area is 142 Å². The molecule has 2 aliphatic rings. The maximum absolute atomic E-state index is 12.5. The van der Waals surface area contributed by atoms with E-state index in [-0.39, 0.29) is 17.4 Å². The predicted octanol–water partition coefficient (Wildman–Crippen LogP) is 1.38. The van der Waals surface area contributed by atoms with Gasteiger partial charge in [0.2, 0.25) is 5.91 Å². The number of fused-ring (bicyclic) bond motifs is 2. The van der Waals surface area contributed by atoms with Crippen LogP contribution < -0.4 is 20.3 Å². The van der Waals surface area contributed by atoms with Crippen LogP contribution in [0.25, 0.3) is 0 Å². The van der Waals surface area contributed by atoms with E-state index in [2.05, 4.69) is 10.3 Å². The van der Waals surface area contributed by atoms with Gasteiger partial charge in [0.25, 0.3) is 5.56 Å². The lowest BCUT2D eigenvalue weighted by molar-refractivity contribution is -0.119. The van der Waals surface area contributed by atoms with Crippen LogP contribution in [0.1, 0.15) is 0 Å².